The minimum absolute atomic E-state index is 0.0437. The first-order chi connectivity index (χ1) is 14.7. The van der Waals surface area contributed by atoms with Crippen molar-refractivity contribution in [2.24, 2.45) is 11.8 Å². The highest BCUT2D eigenvalue weighted by Crippen LogP contribution is 2.17. The van der Waals surface area contributed by atoms with Gasteiger partial charge in [0.05, 0.1) is 25.4 Å². The lowest BCUT2D eigenvalue weighted by molar-refractivity contribution is -0.912. The van der Waals surface area contributed by atoms with Crippen molar-refractivity contribution in [3.8, 4) is 0 Å². The van der Waals surface area contributed by atoms with Crippen molar-refractivity contribution in [2.75, 3.05) is 26.2 Å². The molecule has 0 spiro atoms. The first kappa shape index (κ1) is 23.5. The lowest BCUT2D eigenvalue weighted by Gasteiger charge is -2.32. The number of carbonyl (C=O) groups excluding carboxylic acids is 1. The van der Waals surface area contributed by atoms with E-state index in [0.29, 0.717) is 12.3 Å². The van der Waals surface area contributed by atoms with Crippen LogP contribution in [0, 0.1) is 18.8 Å². The van der Waals surface area contributed by atoms with Crippen molar-refractivity contribution >= 4 is 15.7 Å². The number of nitrogens with one attached hydrogen (secondary N) is 2. The number of piperidine rings is 1. The number of likely N-dealkylation sites (tertiary alicyclic amines) is 1. The molecular formula is C24H35N2O4S+. The molecule has 1 amide bonds. The summed E-state index contributed by atoms with van der Waals surface area (Å²) in [7, 11) is -3.39. The number of hydrogen-bond donors (Lipinski definition) is 2. The Morgan fingerprint density at radius 3 is 2.52 bits per heavy atom. The zero-order valence-electron chi connectivity index (χ0n) is 18.8. The molecule has 0 bridgehead atoms. The van der Waals surface area contributed by atoms with E-state index in [0.717, 1.165) is 35.9 Å². The molecule has 1 aliphatic rings. The van der Waals surface area contributed by atoms with E-state index in [1.807, 2.05) is 31.2 Å². The van der Waals surface area contributed by atoms with Gasteiger partial charge in [0.1, 0.15) is 11.5 Å². The third-order valence-electron chi connectivity index (χ3n) is 5.96. The number of rotatable bonds is 9. The van der Waals surface area contributed by atoms with E-state index in [-0.39, 0.29) is 23.2 Å². The summed E-state index contributed by atoms with van der Waals surface area (Å²) in [6.07, 6.45) is 2.22. The van der Waals surface area contributed by atoms with Crippen molar-refractivity contribution < 1.29 is 22.5 Å². The Kier molecular flexibility index (Phi) is 7.94. The second-order valence-electron chi connectivity index (χ2n) is 9.19. The topological polar surface area (TPSA) is 80.8 Å². The summed E-state index contributed by atoms with van der Waals surface area (Å²) in [6, 6.07) is 10.6. The summed E-state index contributed by atoms with van der Waals surface area (Å²) in [5, 5.41) is 2.89. The van der Waals surface area contributed by atoms with E-state index >= 15 is 0 Å². The van der Waals surface area contributed by atoms with Crippen LogP contribution in [0.3, 0.4) is 0 Å². The first-order valence-electron chi connectivity index (χ1n) is 11.2. The molecule has 0 aliphatic carbocycles. The lowest BCUT2D eigenvalue weighted by Crippen LogP contribution is -3.14. The SMILES string of the molecule is Cc1ccccc1CS(=O)(=O)Cc1ccc(C(=O)NCCC[NH+]2CC(C)CC(C)C2)o1. The highest BCUT2D eigenvalue weighted by molar-refractivity contribution is 7.89. The Hall–Kier alpha value is -2.12. The standard InChI is InChI=1S/C24H34N2O4S/c1-18-13-19(2)15-26(14-18)12-6-11-25-24(27)23-10-9-22(30-23)17-31(28,29)16-21-8-5-4-7-20(21)3/h4-5,7-10,18-19H,6,11-17H2,1-3H3,(H,25,27)/p+1. The van der Waals surface area contributed by atoms with Crippen LogP contribution in [0.4, 0.5) is 0 Å². The van der Waals surface area contributed by atoms with Crippen LogP contribution in [0.5, 0.6) is 0 Å². The van der Waals surface area contributed by atoms with Gasteiger partial charge in [-0.15, -0.1) is 0 Å². The number of benzene rings is 1. The molecule has 2 aromatic rings. The molecule has 3 rings (SSSR count). The Morgan fingerprint density at radius 2 is 1.81 bits per heavy atom. The third-order valence-corrected chi connectivity index (χ3v) is 7.43. The number of hydrogen-bond acceptors (Lipinski definition) is 4. The molecule has 1 saturated heterocycles. The van der Waals surface area contributed by atoms with E-state index < -0.39 is 9.84 Å². The van der Waals surface area contributed by atoms with Crippen LogP contribution in [0.2, 0.25) is 0 Å². The first-order valence-corrected chi connectivity index (χ1v) is 13.0. The highest BCUT2D eigenvalue weighted by atomic mass is 32.2. The minimum Gasteiger partial charge on any atom is -0.455 e. The second-order valence-corrected chi connectivity index (χ2v) is 11.3. The maximum Gasteiger partial charge on any atom is 0.286 e. The summed E-state index contributed by atoms with van der Waals surface area (Å²) in [5.74, 6) is 1.42. The predicted molar refractivity (Wildman–Crippen MR) is 122 cm³/mol. The molecule has 1 aromatic carbocycles. The van der Waals surface area contributed by atoms with Crippen LogP contribution >= 0.6 is 0 Å². The number of carbonyl (C=O) groups is 1. The molecule has 0 saturated carbocycles. The normalized spacial score (nSPS) is 21.7. The molecule has 2 atom stereocenters. The Bertz CT molecular complexity index is 973. The number of amides is 1. The molecule has 7 heteroatoms. The van der Waals surface area contributed by atoms with Crippen molar-refractivity contribution in [2.45, 2.75) is 45.1 Å². The zero-order valence-corrected chi connectivity index (χ0v) is 19.6. The molecule has 1 aromatic heterocycles. The van der Waals surface area contributed by atoms with Crippen LogP contribution in [0.15, 0.2) is 40.8 Å². The lowest BCUT2D eigenvalue weighted by atomic mass is 9.92. The fourth-order valence-electron chi connectivity index (χ4n) is 4.61. The summed E-state index contributed by atoms with van der Waals surface area (Å²) in [4.78, 5) is 14.0. The van der Waals surface area contributed by atoms with Gasteiger partial charge in [0.2, 0.25) is 0 Å². The van der Waals surface area contributed by atoms with Crippen molar-refractivity contribution in [1.29, 1.82) is 0 Å². The van der Waals surface area contributed by atoms with Gasteiger partial charge < -0.3 is 14.6 Å². The van der Waals surface area contributed by atoms with Crippen molar-refractivity contribution in [3.05, 3.63) is 59.0 Å². The molecule has 1 fully saturated rings. The Morgan fingerprint density at radius 1 is 1.10 bits per heavy atom. The predicted octanol–water partition coefficient (Wildman–Crippen LogP) is 2.38. The smallest absolute Gasteiger partial charge is 0.286 e. The van der Waals surface area contributed by atoms with E-state index in [4.69, 9.17) is 4.42 Å². The van der Waals surface area contributed by atoms with Crippen LogP contribution in [-0.4, -0.2) is 40.5 Å². The van der Waals surface area contributed by atoms with Crippen molar-refractivity contribution in [1.82, 2.24) is 5.32 Å². The van der Waals surface area contributed by atoms with E-state index in [1.165, 1.54) is 19.5 Å². The summed E-state index contributed by atoms with van der Waals surface area (Å²) >= 11 is 0. The van der Waals surface area contributed by atoms with Gasteiger partial charge in [-0.3, -0.25) is 4.79 Å². The number of aryl methyl sites for hydroxylation is 1. The molecule has 0 radical (unpaired) electrons. The molecule has 2 N–H and O–H groups in total. The number of quaternary nitrogens is 1. The third kappa shape index (κ3) is 7.21. The van der Waals surface area contributed by atoms with Gasteiger partial charge >= 0.3 is 0 Å². The van der Waals surface area contributed by atoms with E-state index in [9.17, 15) is 13.2 Å². The van der Waals surface area contributed by atoms with Gasteiger partial charge in [-0.1, -0.05) is 38.1 Å². The van der Waals surface area contributed by atoms with Gasteiger partial charge in [0, 0.05) is 24.8 Å². The highest BCUT2D eigenvalue weighted by Gasteiger charge is 2.24. The van der Waals surface area contributed by atoms with Crippen LogP contribution < -0.4 is 10.2 Å². The van der Waals surface area contributed by atoms with Gasteiger partial charge in [0.15, 0.2) is 15.6 Å². The van der Waals surface area contributed by atoms with Gasteiger partial charge in [-0.05, 0) is 36.6 Å². The Balaban J connectivity index is 1.45. The van der Waals surface area contributed by atoms with Crippen LogP contribution in [0.1, 0.15) is 54.1 Å². The second kappa shape index (κ2) is 10.5. The summed E-state index contributed by atoms with van der Waals surface area (Å²) in [6.45, 7) is 10.6. The monoisotopic (exact) mass is 447 g/mol. The average Bonchev–Trinajstić information content (AvgIpc) is 3.14. The maximum absolute atomic E-state index is 12.5. The van der Waals surface area contributed by atoms with E-state index in [2.05, 4.69) is 19.2 Å². The minimum atomic E-state index is -3.39. The summed E-state index contributed by atoms with van der Waals surface area (Å²) in [5.41, 5.74) is 1.73. The van der Waals surface area contributed by atoms with Crippen LogP contribution in [0.25, 0.3) is 0 Å². The molecule has 2 heterocycles. The number of furan rings is 1. The summed E-state index contributed by atoms with van der Waals surface area (Å²) < 4.78 is 30.6. The fraction of sp³-hybridized carbons (Fsp3) is 0.542. The molecule has 6 nitrogen and oxygen atoms in total. The van der Waals surface area contributed by atoms with E-state index in [1.54, 1.807) is 17.0 Å². The van der Waals surface area contributed by atoms with Crippen molar-refractivity contribution in [3.63, 3.8) is 0 Å². The molecular weight excluding hydrogens is 412 g/mol. The number of sulfone groups is 1. The quantitative estimate of drug-likeness (QED) is 0.579. The molecule has 1 aliphatic heterocycles. The molecule has 31 heavy (non-hydrogen) atoms. The molecule has 170 valence electrons. The average molecular weight is 448 g/mol. The largest absolute Gasteiger partial charge is 0.455 e. The van der Waals surface area contributed by atoms with Gasteiger partial charge in [0.25, 0.3) is 5.91 Å². The van der Waals surface area contributed by atoms with Gasteiger partial charge in [-0.2, -0.15) is 0 Å². The maximum atomic E-state index is 12.5. The Labute approximate surface area is 185 Å². The zero-order chi connectivity index (χ0) is 22.4. The van der Waals surface area contributed by atoms with Crippen LogP contribution in [-0.2, 0) is 21.3 Å². The van der Waals surface area contributed by atoms with Gasteiger partial charge in [-0.25, -0.2) is 8.42 Å². The molecule has 2 unspecified atom stereocenters. The fourth-order valence-corrected chi connectivity index (χ4v) is 6.10.